The van der Waals surface area contributed by atoms with Crippen LogP contribution in [0.25, 0.3) is 0 Å². The molecule has 0 fully saturated rings. The molecule has 1 aromatic heterocycles. The fourth-order valence-electron chi connectivity index (χ4n) is 2.12. The number of para-hydroxylation sites is 1. The number of carboxylic acid groups (broad SMARTS) is 1. The molecule has 1 amide bonds. The van der Waals surface area contributed by atoms with E-state index < -0.39 is 12.0 Å². The van der Waals surface area contributed by atoms with Gasteiger partial charge in [-0.05, 0) is 38.1 Å². The molecule has 2 aromatic rings. The van der Waals surface area contributed by atoms with Crippen molar-refractivity contribution in [3.8, 4) is 0 Å². The third kappa shape index (κ3) is 2.71. The minimum absolute atomic E-state index is 0.109. The van der Waals surface area contributed by atoms with Gasteiger partial charge in [-0.25, -0.2) is 4.79 Å². The first-order chi connectivity index (χ1) is 9.50. The number of aromatic nitrogens is 1. The van der Waals surface area contributed by atoms with Gasteiger partial charge >= 0.3 is 5.97 Å². The molecule has 20 heavy (non-hydrogen) atoms. The summed E-state index contributed by atoms with van der Waals surface area (Å²) in [6.07, 6.45) is 0. The van der Waals surface area contributed by atoms with Crippen molar-refractivity contribution in [2.24, 2.45) is 0 Å². The third-order valence-corrected chi connectivity index (χ3v) is 3.15. The van der Waals surface area contributed by atoms with Crippen LogP contribution in [-0.4, -0.2) is 21.6 Å². The second-order valence-electron chi connectivity index (χ2n) is 4.57. The highest BCUT2D eigenvalue weighted by atomic mass is 16.4. The van der Waals surface area contributed by atoms with E-state index in [4.69, 9.17) is 5.11 Å². The van der Waals surface area contributed by atoms with Gasteiger partial charge in [0, 0.05) is 11.4 Å². The molecule has 0 saturated heterocycles. The number of aryl methyl sites for hydroxylation is 1. The Morgan fingerprint density at radius 3 is 2.40 bits per heavy atom. The summed E-state index contributed by atoms with van der Waals surface area (Å²) >= 11 is 0. The predicted molar refractivity (Wildman–Crippen MR) is 75.9 cm³/mol. The first-order valence-corrected chi connectivity index (χ1v) is 6.27. The van der Waals surface area contributed by atoms with Gasteiger partial charge < -0.3 is 15.0 Å². The second kappa shape index (κ2) is 5.61. The summed E-state index contributed by atoms with van der Waals surface area (Å²) in [5.41, 5.74) is 1.53. The van der Waals surface area contributed by atoms with Crippen molar-refractivity contribution < 1.29 is 14.7 Å². The van der Waals surface area contributed by atoms with Crippen molar-refractivity contribution in [2.75, 3.05) is 5.32 Å². The average molecular weight is 272 g/mol. The molecule has 1 aromatic carbocycles. The van der Waals surface area contributed by atoms with Crippen LogP contribution < -0.4 is 5.32 Å². The van der Waals surface area contributed by atoms with E-state index >= 15 is 0 Å². The van der Waals surface area contributed by atoms with Crippen LogP contribution in [0.1, 0.15) is 29.1 Å². The van der Waals surface area contributed by atoms with Crippen LogP contribution in [-0.2, 0) is 4.79 Å². The Bertz CT molecular complexity index is 632. The van der Waals surface area contributed by atoms with Crippen LogP contribution in [0.5, 0.6) is 0 Å². The van der Waals surface area contributed by atoms with E-state index in [2.05, 4.69) is 5.32 Å². The van der Waals surface area contributed by atoms with E-state index in [-0.39, 0.29) is 11.6 Å². The molecule has 104 valence electrons. The Morgan fingerprint density at radius 2 is 1.80 bits per heavy atom. The maximum atomic E-state index is 12.2. The second-order valence-corrected chi connectivity index (χ2v) is 4.57. The van der Waals surface area contributed by atoms with Crippen molar-refractivity contribution in [2.45, 2.75) is 19.9 Å². The number of hydrogen-bond acceptors (Lipinski definition) is 2. The fraction of sp³-hybridized carbons (Fsp3) is 0.200. The lowest BCUT2D eigenvalue weighted by molar-refractivity contribution is -0.118. The molecule has 0 aliphatic carbocycles. The zero-order chi connectivity index (χ0) is 14.7. The van der Waals surface area contributed by atoms with Crippen molar-refractivity contribution >= 4 is 17.6 Å². The molecule has 5 heteroatoms. The van der Waals surface area contributed by atoms with E-state index in [0.29, 0.717) is 5.69 Å². The van der Waals surface area contributed by atoms with Gasteiger partial charge in [-0.15, -0.1) is 0 Å². The molecular weight excluding hydrogens is 256 g/mol. The molecule has 0 spiro atoms. The van der Waals surface area contributed by atoms with Crippen molar-refractivity contribution in [1.82, 2.24) is 4.57 Å². The highest BCUT2D eigenvalue weighted by Crippen LogP contribution is 2.18. The highest BCUT2D eigenvalue weighted by molar-refractivity contribution is 5.95. The number of aromatic carboxylic acids is 1. The lowest BCUT2D eigenvalue weighted by Gasteiger charge is -2.18. The normalized spacial score (nSPS) is 11.9. The van der Waals surface area contributed by atoms with E-state index in [1.165, 1.54) is 10.6 Å². The minimum Gasteiger partial charge on any atom is -0.477 e. The Kier molecular flexibility index (Phi) is 3.89. The molecular formula is C15H16N2O3. The number of carbonyl (C=O) groups is 2. The van der Waals surface area contributed by atoms with Crippen LogP contribution in [0.3, 0.4) is 0 Å². The van der Waals surface area contributed by atoms with E-state index in [0.717, 1.165) is 5.69 Å². The number of benzene rings is 1. The Balaban J connectivity index is 2.23. The number of anilines is 1. The molecule has 2 N–H and O–H groups in total. The number of carboxylic acids is 1. The summed E-state index contributed by atoms with van der Waals surface area (Å²) in [5, 5.41) is 11.9. The Labute approximate surface area is 116 Å². The molecule has 0 aliphatic rings. The standard InChI is InChI=1S/C15H16N2O3/c1-10-8-9-13(15(19)20)17(10)11(2)14(18)16-12-6-4-3-5-7-12/h3-9,11H,1-2H3,(H,16,18)(H,19,20). The van der Waals surface area contributed by atoms with Gasteiger partial charge in [-0.3, -0.25) is 4.79 Å². The highest BCUT2D eigenvalue weighted by Gasteiger charge is 2.22. The average Bonchev–Trinajstić information content (AvgIpc) is 2.81. The Hall–Kier alpha value is -2.56. The fourth-order valence-corrected chi connectivity index (χ4v) is 2.12. The first-order valence-electron chi connectivity index (χ1n) is 6.27. The van der Waals surface area contributed by atoms with Gasteiger partial charge in [-0.2, -0.15) is 0 Å². The first kappa shape index (κ1) is 13.9. The lowest BCUT2D eigenvalue weighted by atomic mass is 10.2. The maximum absolute atomic E-state index is 12.2. The van der Waals surface area contributed by atoms with E-state index in [9.17, 15) is 9.59 Å². The quantitative estimate of drug-likeness (QED) is 0.898. The SMILES string of the molecule is Cc1ccc(C(=O)O)n1C(C)C(=O)Nc1ccccc1. The molecule has 0 bridgehead atoms. The van der Waals surface area contributed by atoms with Crippen LogP contribution in [0, 0.1) is 6.92 Å². The van der Waals surface area contributed by atoms with Crippen LogP contribution in [0.4, 0.5) is 5.69 Å². The Morgan fingerprint density at radius 1 is 1.15 bits per heavy atom. The van der Waals surface area contributed by atoms with Crippen LogP contribution >= 0.6 is 0 Å². The molecule has 0 radical (unpaired) electrons. The molecule has 5 nitrogen and oxygen atoms in total. The molecule has 1 atom stereocenters. The van der Waals surface area contributed by atoms with Crippen molar-refractivity contribution in [3.05, 3.63) is 53.9 Å². The summed E-state index contributed by atoms with van der Waals surface area (Å²) in [6, 6.07) is 11.7. The summed E-state index contributed by atoms with van der Waals surface area (Å²) in [6.45, 7) is 3.45. The minimum atomic E-state index is -1.04. The number of nitrogens with zero attached hydrogens (tertiary/aromatic N) is 1. The summed E-state index contributed by atoms with van der Waals surface area (Å²) in [7, 11) is 0. The summed E-state index contributed by atoms with van der Waals surface area (Å²) in [5.74, 6) is -1.30. The van der Waals surface area contributed by atoms with Gasteiger partial charge in [0.15, 0.2) is 0 Å². The van der Waals surface area contributed by atoms with Crippen LogP contribution in [0.2, 0.25) is 0 Å². The summed E-state index contributed by atoms with van der Waals surface area (Å²) in [4.78, 5) is 23.4. The number of nitrogens with one attached hydrogen (secondary N) is 1. The largest absolute Gasteiger partial charge is 0.477 e. The predicted octanol–water partition coefficient (Wildman–Crippen LogP) is 2.69. The number of hydrogen-bond donors (Lipinski definition) is 2. The van der Waals surface area contributed by atoms with Gasteiger partial charge in [0.2, 0.25) is 5.91 Å². The van der Waals surface area contributed by atoms with E-state index in [1.54, 1.807) is 32.0 Å². The van der Waals surface area contributed by atoms with Gasteiger partial charge in [0.25, 0.3) is 0 Å². The zero-order valence-corrected chi connectivity index (χ0v) is 11.3. The smallest absolute Gasteiger partial charge is 0.352 e. The molecule has 1 unspecified atom stereocenters. The van der Waals surface area contributed by atoms with Crippen LogP contribution in [0.15, 0.2) is 42.5 Å². The van der Waals surface area contributed by atoms with Gasteiger partial charge in [0.1, 0.15) is 11.7 Å². The van der Waals surface area contributed by atoms with Crippen molar-refractivity contribution in [3.63, 3.8) is 0 Å². The van der Waals surface area contributed by atoms with Crippen molar-refractivity contribution in [1.29, 1.82) is 0 Å². The maximum Gasteiger partial charge on any atom is 0.352 e. The molecule has 0 aliphatic heterocycles. The monoisotopic (exact) mass is 272 g/mol. The third-order valence-electron chi connectivity index (χ3n) is 3.15. The number of amides is 1. The topological polar surface area (TPSA) is 71.3 Å². The summed E-state index contributed by atoms with van der Waals surface area (Å²) < 4.78 is 1.51. The number of rotatable bonds is 4. The molecule has 1 heterocycles. The lowest BCUT2D eigenvalue weighted by Crippen LogP contribution is -2.26. The molecule has 0 saturated carbocycles. The van der Waals surface area contributed by atoms with Gasteiger partial charge in [0.05, 0.1) is 0 Å². The van der Waals surface area contributed by atoms with Gasteiger partial charge in [-0.1, -0.05) is 18.2 Å². The van der Waals surface area contributed by atoms with E-state index in [1.807, 2.05) is 18.2 Å². The number of carbonyl (C=O) groups excluding carboxylic acids is 1. The zero-order valence-electron chi connectivity index (χ0n) is 11.3. The molecule has 2 rings (SSSR count).